The van der Waals surface area contributed by atoms with E-state index in [1.165, 1.54) is 6.08 Å². The maximum Gasteiger partial charge on any atom is 0.260 e. The number of rotatable bonds is 5. The molecule has 6 heteroatoms. The molecule has 1 amide bonds. The molecule has 0 radical (unpaired) electrons. The van der Waals surface area contributed by atoms with Gasteiger partial charge in [0.1, 0.15) is 4.91 Å². The molecule has 0 heterocycles. The van der Waals surface area contributed by atoms with Crippen LogP contribution in [-0.4, -0.2) is 14.3 Å². The van der Waals surface area contributed by atoms with E-state index in [1.807, 2.05) is 19.9 Å². The van der Waals surface area contributed by atoms with Gasteiger partial charge >= 0.3 is 0 Å². The lowest BCUT2D eigenvalue weighted by Crippen LogP contribution is -2.22. The number of halogens is 1. The summed E-state index contributed by atoms with van der Waals surface area (Å²) in [4.78, 5) is 11.3. The minimum Gasteiger partial charge on any atom is -0.365 e. The molecule has 0 spiro atoms. The maximum atomic E-state index is 12.6. The van der Waals surface area contributed by atoms with Gasteiger partial charge in [0.25, 0.3) is 5.91 Å². The Kier molecular flexibility index (Phi) is 5.47. The predicted molar refractivity (Wildman–Crippen MR) is 97.2 cm³/mol. The Morgan fingerprint density at radius 2 is 1.62 bits per heavy atom. The van der Waals surface area contributed by atoms with Crippen molar-refractivity contribution in [2.24, 2.45) is 5.73 Å². The lowest BCUT2D eigenvalue weighted by Gasteiger charge is -2.08. The van der Waals surface area contributed by atoms with Crippen molar-refractivity contribution in [1.82, 2.24) is 0 Å². The Hall–Kier alpha value is -2.11. The van der Waals surface area contributed by atoms with Gasteiger partial charge in [-0.05, 0) is 43.2 Å². The molecule has 0 aliphatic carbocycles. The van der Waals surface area contributed by atoms with Crippen LogP contribution in [0.5, 0.6) is 0 Å². The first-order valence-corrected chi connectivity index (χ1v) is 9.27. The van der Waals surface area contributed by atoms with Crippen LogP contribution in [0.1, 0.15) is 22.3 Å². The van der Waals surface area contributed by atoms with Crippen LogP contribution in [-0.2, 0) is 20.4 Å². The molecule has 0 bridgehead atoms. The van der Waals surface area contributed by atoms with Crippen molar-refractivity contribution >= 4 is 33.4 Å². The van der Waals surface area contributed by atoms with E-state index < -0.39 is 20.6 Å². The van der Waals surface area contributed by atoms with Crippen molar-refractivity contribution in [2.75, 3.05) is 0 Å². The van der Waals surface area contributed by atoms with Gasteiger partial charge in [-0.3, -0.25) is 4.79 Å². The normalized spacial score (nSPS) is 12.2. The molecular formula is C18H18ClNO3S. The number of primary amides is 1. The third-order valence-corrected chi connectivity index (χ3v) is 5.34. The van der Waals surface area contributed by atoms with E-state index in [1.54, 1.807) is 36.4 Å². The molecule has 2 rings (SSSR count). The Bertz CT molecular complexity index is 880. The Morgan fingerprint density at radius 1 is 1.08 bits per heavy atom. The van der Waals surface area contributed by atoms with Gasteiger partial charge in [0.2, 0.25) is 0 Å². The van der Waals surface area contributed by atoms with Gasteiger partial charge in [0, 0.05) is 5.02 Å². The lowest BCUT2D eigenvalue weighted by molar-refractivity contribution is -0.113. The molecule has 0 atom stereocenters. The van der Waals surface area contributed by atoms with Gasteiger partial charge in [-0.1, -0.05) is 53.1 Å². The fourth-order valence-electron chi connectivity index (χ4n) is 2.44. The zero-order valence-electron chi connectivity index (χ0n) is 13.4. The quantitative estimate of drug-likeness (QED) is 0.827. The van der Waals surface area contributed by atoms with Gasteiger partial charge in [0.05, 0.1) is 5.75 Å². The monoisotopic (exact) mass is 363 g/mol. The van der Waals surface area contributed by atoms with Gasteiger partial charge in [-0.25, -0.2) is 8.42 Å². The molecule has 24 heavy (non-hydrogen) atoms. The molecule has 2 N–H and O–H groups in total. The smallest absolute Gasteiger partial charge is 0.260 e. The van der Waals surface area contributed by atoms with E-state index in [0.29, 0.717) is 16.1 Å². The maximum absolute atomic E-state index is 12.6. The summed E-state index contributed by atoms with van der Waals surface area (Å²) in [5.74, 6) is -1.29. The minimum atomic E-state index is -3.87. The molecule has 2 aromatic carbocycles. The zero-order valence-corrected chi connectivity index (χ0v) is 15.0. The van der Waals surface area contributed by atoms with Crippen molar-refractivity contribution in [3.63, 3.8) is 0 Å². The number of amides is 1. The molecule has 0 aliphatic rings. The average Bonchev–Trinajstić information content (AvgIpc) is 2.45. The summed E-state index contributed by atoms with van der Waals surface area (Å²) in [5.41, 5.74) is 8.42. The summed E-state index contributed by atoms with van der Waals surface area (Å²) in [6.07, 6.45) is 1.33. The number of aryl methyl sites for hydroxylation is 2. The molecule has 0 aromatic heterocycles. The zero-order chi connectivity index (χ0) is 17.9. The second-order valence-electron chi connectivity index (χ2n) is 5.68. The predicted octanol–water partition coefficient (Wildman–Crippen LogP) is 3.40. The Morgan fingerprint density at radius 3 is 2.12 bits per heavy atom. The van der Waals surface area contributed by atoms with Crippen LogP contribution in [0.15, 0.2) is 47.4 Å². The summed E-state index contributed by atoms with van der Waals surface area (Å²) >= 11 is 5.80. The topological polar surface area (TPSA) is 77.2 Å². The summed E-state index contributed by atoms with van der Waals surface area (Å²) in [7, 11) is -3.87. The molecular weight excluding hydrogens is 346 g/mol. The summed E-state index contributed by atoms with van der Waals surface area (Å²) < 4.78 is 25.2. The van der Waals surface area contributed by atoms with Crippen molar-refractivity contribution in [3.8, 4) is 0 Å². The number of carbonyl (C=O) groups excluding carboxylic acids is 1. The second-order valence-corrected chi connectivity index (χ2v) is 8.07. The van der Waals surface area contributed by atoms with Crippen LogP contribution >= 0.6 is 11.6 Å². The van der Waals surface area contributed by atoms with E-state index in [4.69, 9.17) is 17.3 Å². The highest BCUT2D eigenvalue weighted by Gasteiger charge is 2.23. The highest BCUT2D eigenvalue weighted by Crippen LogP contribution is 2.20. The Labute approximate surface area is 146 Å². The third kappa shape index (κ3) is 4.69. The number of hydrogen-bond donors (Lipinski definition) is 1. The lowest BCUT2D eigenvalue weighted by atomic mass is 10.1. The highest BCUT2D eigenvalue weighted by atomic mass is 35.5. The summed E-state index contributed by atoms with van der Waals surface area (Å²) in [6.45, 7) is 3.80. The van der Waals surface area contributed by atoms with Crippen LogP contribution in [0.4, 0.5) is 0 Å². The first-order valence-electron chi connectivity index (χ1n) is 7.24. The largest absolute Gasteiger partial charge is 0.365 e. The van der Waals surface area contributed by atoms with Crippen LogP contribution in [0, 0.1) is 13.8 Å². The molecule has 0 saturated heterocycles. The third-order valence-electron chi connectivity index (χ3n) is 3.39. The van der Waals surface area contributed by atoms with Crippen molar-refractivity contribution in [1.29, 1.82) is 0 Å². The van der Waals surface area contributed by atoms with Gasteiger partial charge in [0.15, 0.2) is 9.84 Å². The van der Waals surface area contributed by atoms with E-state index >= 15 is 0 Å². The van der Waals surface area contributed by atoms with E-state index in [-0.39, 0.29) is 5.75 Å². The van der Waals surface area contributed by atoms with Gasteiger partial charge in [-0.15, -0.1) is 0 Å². The van der Waals surface area contributed by atoms with Crippen LogP contribution in [0.2, 0.25) is 5.02 Å². The van der Waals surface area contributed by atoms with Crippen molar-refractivity contribution in [3.05, 3.63) is 74.6 Å². The number of hydrogen-bond acceptors (Lipinski definition) is 3. The molecule has 0 aliphatic heterocycles. The summed E-state index contributed by atoms with van der Waals surface area (Å²) in [5, 5.41) is 0.511. The second kappa shape index (κ2) is 7.20. The van der Waals surface area contributed by atoms with Crippen molar-refractivity contribution in [2.45, 2.75) is 19.6 Å². The number of nitrogens with two attached hydrogens (primary N) is 1. The minimum absolute atomic E-state index is 0.316. The fourth-order valence-corrected chi connectivity index (χ4v) is 3.97. The molecule has 0 saturated carbocycles. The van der Waals surface area contributed by atoms with E-state index in [0.717, 1.165) is 11.1 Å². The molecule has 126 valence electrons. The first kappa shape index (κ1) is 18.2. The summed E-state index contributed by atoms with van der Waals surface area (Å²) in [6, 6.07) is 12.0. The van der Waals surface area contributed by atoms with Gasteiger partial charge in [-0.2, -0.15) is 0 Å². The van der Waals surface area contributed by atoms with E-state index in [2.05, 4.69) is 0 Å². The van der Waals surface area contributed by atoms with Crippen LogP contribution in [0.25, 0.3) is 6.08 Å². The number of sulfone groups is 1. The molecule has 0 unspecified atom stereocenters. The fraction of sp³-hybridized carbons (Fsp3) is 0.167. The van der Waals surface area contributed by atoms with Crippen LogP contribution < -0.4 is 5.73 Å². The molecule has 2 aromatic rings. The SMILES string of the molecule is Cc1cc(C)cc(C=C(C(N)=O)S(=O)(=O)Cc2ccc(Cl)cc2)c1. The van der Waals surface area contributed by atoms with Crippen LogP contribution in [0.3, 0.4) is 0 Å². The van der Waals surface area contributed by atoms with Crippen molar-refractivity contribution < 1.29 is 13.2 Å². The number of benzene rings is 2. The first-order chi connectivity index (χ1) is 11.2. The molecule has 0 fully saturated rings. The molecule has 4 nitrogen and oxygen atoms in total. The highest BCUT2D eigenvalue weighted by molar-refractivity contribution is 7.95. The number of carbonyl (C=O) groups is 1. The average molecular weight is 364 g/mol. The van der Waals surface area contributed by atoms with Gasteiger partial charge < -0.3 is 5.73 Å². The Balaban J connectivity index is 2.43. The van der Waals surface area contributed by atoms with E-state index in [9.17, 15) is 13.2 Å². The standard InChI is InChI=1S/C18H18ClNO3S/c1-12-7-13(2)9-15(8-12)10-17(18(20)21)24(22,23)11-14-3-5-16(19)6-4-14/h3-10H,11H2,1-2H3,(H2,20,21).